The van der Waals surface area contributed by atoms with Gasteiger partial charge in [0.25, 0.3) is 0 Å². The number of sulfonamides is 1. The largest absolute Gasteiger partial charge is 0.379 e. The molecule has 0 unspecified atom stereocenters. The summed E-state index contributed by atoms with van der Waals surface area (Å²) >= 11 is 5.60. The van der Waals surface area contributed by atoms with E-state index in [1.54, 1.807) is 12.1 Å². The first-order chi connectivity index (χ1) is 12.0. The lowest BCUT2D eigenvalue weighted by Gasteiger charge is -2.27. The van der Waals surface area contributed by atoms with Gasteiger partial charge in [0.1, 0.15) is 5.88 Å². The molecule has 2 saturated heterocycles. The number of anilines is 2. The molecule has 0 bridgehead atoms. The second-order valence-corrected chi connectivity index (χ2v) is 8.28. The number of hydrogen-bond donors (Lipinski definition) is 1. The third-order valence-electron chi connectivity index (χ3n) is 4.42. The predicted octanol–water partition coefficient (Wildman–Crippen LogP) is 1.91. The molecule has 1 aromatic carbocycles. The predicted molar refractivity (Wildman–Crippen MR) is 104 cm³/mol. The fourth-order valence-corrected chi connectivity index (χ4v) is 4.63. The van der Waals surface area contributed by atoms with Gasteiger partial charge < -0.3 is 15.0 Å². The van der Waals surface area contributed by atoms with Crippen LogP contribution in [-0.2, 0) is 19.6 Å². The molecule has 2 aliphatic rings. The van der Waals surface area contributed by atoms with Crippen LogP contribution in [0.15, 0.2) is 23.1 Å². The molecule has 0 radical (unpaired) electrons. The van der Waals surface area contributed by atoms with Crippen molar-refractivity contribution in [1.82, 2.24) is 4.31 Å². The number of alkyl halides is 1. The number of ether oxygens (including phenoxy) is 1. The summed E-state index contributed by atoms with van der Waals surface area (Å²) in [7, 11) is -3.62. The summed E-state index contributed by atoms with van der Waals surface area (Å²) in [5, 5.41) is 2.73. The van der Waals surface area contributed by atoms with Gasteiger partial charge in [-0.25, -0.2) is 8.42 Å². The molecule has 2 aliphatic heterocycles. The Morgan fingerprint density at radius 2 is 1.81 bits per heavy atom. The highest BCUT2D eigenvalue weighted by atomic mass is 35.5. The Bertz CT molecular complexity index is 733. The highest BCUT2D eigenvalue weighted by molar-refractivity contribution is 7.89. The molecule has 0 spiro atoms. The minimum atomic E-state index is -3.62. The van der Waals surface area contributed by atoms with E-state index in [0.717, 1.165) is 31.6 Å². The van der Waals surface area contributed by atoms with Gasteiger partial charge >= 0.3 is 0 Å². The van der Waals surface area contributed by atoms with Gasteiger partial charge in [-0.15, -0.1) is 24.0 Å². The highest BCUT2D eigenvalue weighted by Crippen LogP contribution is 2.32. The summed E-state index contributed by atoms with van der Waals surface area (Å²) in [5.74, 6) is -0.539. The van der Waals surface area contributed by atoms with E-state index in [9.17, 15) is 13.2 Å². The Morgan fingerprint density at radius 1 is 1.15 bits per heavy atom. The summed E-state index contributed by atoms with van der Waals surface area (Å²) in [4.78, 5) is 14.1. The second kappa shape index (κ2) is 9.23. The molecule has 26 heavy (non-hydrogen) atoms. The van der Waals surface area contributed by atoms with E-state index in [2.05, 4.69) is 10.2 Å². The Hall–Kier alpha value is -1.06. The third kappa shape index (κ3) is 4.61. The van der Waals surface area contributed by atoms with Crippen LogP contribution in [0, 0.1) is 0 Å². The van der Waals surface area contributed by atoms with E-state index in [1.165, 1.54) is 10.4 Å². The molecule has 0 atom stereocenters. The SMILES string of the molecule is Cl.O=C(CCl)Nc1cc(S(=O)(=O)N2CCOCC2)ccc1N1CCCC1. The molecule has 7 nitrogen and oxygen atoms in total. The fourth-order valence-electron chi connectivity index (χ4n) is 3.13. The van der Waals surface area contributed by atoms with Crippen molar-refractivity contribution in [2.45, 2.75) is 17.7 Å². The molecular weight excluding hydrogens is 401 g/mol. The zero-order valence-electron chi connectivity index (χ0n) is 14.3. The van der Waals surface area contributed by atoms with Gasteiger partial charge in [-0.2, -0.15) is 4.31 Å². The summed E-state index contributed by atoms with van der Waals surface area (Å²) in [6.07, 6.45) is 2.16. The fraction of sp³-hybridized carbons (Fsp3) is 0.562. The van der Waals surface area contributed by atoms with Crippen molar-refractivity contribution in [3.8, 4) is 0 Å². The van der Waals surface area contributed by atoms with Crippen LogP contribution in [-0.4, -0.2) is 63.9 Å². The molecule has 3 rings (SSSR count). The van der Waals surface area contributed by atoms with Gasteiger partial charge in [0.2, 0.25) is 15.9 Å². The average molecular weight is 424 g/mol. The molecule has 2 fully saturated rings. The van der Waals surface area contributed by atoms with Crippen molar-refractivity contribution in [2.24, 2.45) is 0 Å². The van der Waals surface area contributed by atoms with Gasteiger partial charge in [-0.3, -0.25) is 4.79 Å². The van der Waals surface area contributed by atoms with Crippen molar-refractivity contribution >= 4 is 51.3 Å². The average Bonchev–Trinajstić information content (AvgIpc) is 3.16. The molecule has 146 valence electrons. The molecule has 1 aromatic rings. The van der Waals surface area contributed by atoms with E-state index in [1.807, 2.05) is 0 Å². The first-order valence-corrected chi connectivity index (χ1v) is 10.3. The lowest BCUT2D eigenvalue weighted by Crippen LogP contribution is -2.40. The maximum atomic E-state index is 12.8. The summed E-state index contributed by atoms with van der Waals surface area (Å²) in [6, 6.07) is 4.90. The van der Waals surface area contributed by atoms with Crippen LogP contribution in [0.4, 0.5) is 11.4 Å². The monoisotopic (exact) mass is 423 g/mol. The number of nitrogens with zero attached hydrogens (tertiary/aromatic N) is 2. The molecule has 0 saturated carbocycles. The zero-order valence-corrected chi connectivity index (χ0v) is 16.7. The van der Waals surface area contributed by atoms with Crippen molar-refractivity contribution < 1.29 is 17.9 Å². The number of benzene rings is 1. The Morgan fingerprint density at radius 3 is 2.42 bits per heavy atom. The molecule has 10 heteroatoms. The van der Waals surface area contributed by atoms with Gasteiger partial charge in [-0.1, -0.05) is 0 Å². The van der Waals surface area contributed by atoms with Crippen LogP contribution in [0.3, 0.4) is 0 Å². The number of carbonyl (C=O) groups is 1. The molecule has 1 amide bonds. The van der Waals surface area contributed by atoms with Gasteiger partial charge in [0.05, 0.1) is 29.5 Å². The summed E-state index contributed by atoms with van der Waals surface area (Å²) < 4.78 is 32.3. The molecule has 2 heterocycles. The molecule has 0 aliphatic carbocycles. The van der Waals surface area contributed by atoms with Gasteiger partial charge in [0.15, 0.2) is 0 Å². The van der Waals surface area contributed by atoms with Crippen molar-refractivity contribution in [2.75, 3.05) is 55.5 Å². The van der Waals surface area contributed by atoms with Crippen LogP contribution in [0.25, 0.3) is 0 Å². The van der Waals surface area contributed by atoms with Crippen LogP contribution in [0.2, 0.25) is 0 Å². The highest BCUT2D eigenvalue weighted by Gasteiger charge is 2.28. The topological polar surface area (TPSA) is 79.0 Å². The second-order valence-electron chi connectivity index (χ2n) is 6.07. The number of hydrogen-bond acceptors (Lipinski definition) is 5. The van der Waals surface area contributed by atoms with Crippen LogP contribution in [0.5, 0.6) is 0 Å². The van der Waals surface area contributed by atoms with Crippen LogP contribution < -0.4 is 10.2 Å². The van der Waals surface area contributed by atoms with Crippen molar-refractivity contribution in [1.29, 1.82) is 0 Å². The normalized spacial score (nSPS) is 18.4. The van der Waals surface area contributed by atoms with E-state index in [0.29, 0.717) is 32.0 Å². The number of carbonyl (C=O) groups excluding carboxylic acids is 1. The Kier molecular flexibility index (Phi) is 7.54. The third-order valence-corrected chi connectivity index (χ3v) is 6.56. The molecular formula is C16H23Cl2N3O4S. The quantitative estimate of drug-likeness (QED) is 0.731. The van der Waals surface area contributed by atoms with Crippen molar-refractivity contribution in [3.63, 3.8) is 0 Å². The van der Waals surface area contributed by atoms with Gasteiger partial charge in [-0.05, 0) is 31.0 Å². The first kappa shape index (κ1) is 21.2. The first-order valence-electron chi connectivity index (χ1n) is 8.35. The Balaban J connectivity index is 0.00000243. The lowest BCUT2D eigenvalue weighted by molar-refractivity contribution is -0.113. The van der Waals surface area contributed by atoms with Gasteiger partial charge in [0, 0.05) is 26.2 Å². The maximum Gasteiger partial charge on any atom is 0.243 e. The lowest BCUT2D eigenvalue weighted by atomic mass is 10.2. The summed E-state index contributed by atoms with van der Waals surface area (Å²) in [5.41, 5.74) is 1.32. The number of amides is 1. The van der Waals surface area contributed by atoms with Crippen molar-refractivity contribution in [3.05, 3.63) is 18.2 Å². The number of nitrogens with one attached hydrogen (secondary N) is 1. The summed E-state index contributed by atoms with van der Waals surface area (Å²) in [6.45, 7) is 3.22. The standard InChI is InChI=1S/C16H22ClN3O4S.ClH/c17-12-16(21)18-14-11-13(3-4-15(14)19-5-1-2-6-19)25(22,23)20-7-9-24-10-8-20;/h3-4,11H,1-2,5-10,12H2,(H,18,21);1H. The van der Waals surface area contributed by atoms with E-state index in [4.69, 9.17) is 16.3 Å². The Labute approximate surface area is 165 Å². The number of halogens is 2. The van der Waals surface area contributed by atoms with Crippen LogP contribution >= 0.6 is 24.0 Å². The molecule has 1 N–H and O–H groups in total. The molecule has 0 aromatic heterocycles. The zero-order chi connectivity index (χ0) is 17.9. The van der Waals surface area contributed by atoms with E-state index >= 15 is 0 Å². The van der Waals surface area contributed by atoms with Crippen LogP contribution in [0.1, 0.15) is 12.8 Å². The minimum Gasteiger partial charge on any atom is -0.379 e. The number of morpholine rings is 1. The van der Waals surface area contributed by atoms with E-state index in [-0.39, 0.29) is 29.1 Å². The smallest absolute Gasteiger partial charge is 0.243 e. The maximum absolute atomic E-state index is 12.8. The van der Waals surface area contributed by atoms with E-state index < -0.39 is 10.0 Å². The minimum absolute atomic E-state index is 0. The number of rotatable bonds is 5.